The Morgan fingerprint density at radius 2 is 1.95 bits per heavy atom. The van der Waals surface area contributed by atoms with Crippen LogP contribution >= 0.6 is 0 Å². The van der Waals surface area contributed by atoms with Gasteiger partial charge in [0.2, 0.25) is 5.91 Å². The van der Waals surface area contributed by atoms with Crippen molar-refractivity contribution in [1.82, 2.24) is 4.90 Å². The van der Waals surface area contributed by atoms with E-state index in [1.54, 1.807) is 13.2 Å². The van der Waals surface area contributed by atoms with E-state index >= 15 is 0 Å². The Hall–Kier alpha value is -1.77. The summed E-state index contributed by atoms with van der Waals surface area (Å²) in [5.41, 5.74) is 0.988. The van der Waals surface area contributed by atoms with Crippen molar-refractivity contribution in [3.63, 3.8) is 0 Å². The van der Waals surface area contributed by atoms with Gasteiger partial charge in [-0.3, -0.25) is 4.79 Å². The highest BCUT2D eigenvalue weighted by Gasteiger charge is 2.12. The van der Waals surface area contributed by atoms with Crippen molar-refractivity contribution in [3.05, 3.63) is 35.9 Å². The maximum atomic E-state index is 12.1. The first kappa shape index (κ1) is 13.7. The molecule has 3 heteroatoms. The molecule has 102 valence electrons. The van der Waals surface area contributed by atoms with Crippen LogP contribution in [0.5, 0.6) is 5.75 Å². The Morgan fingerprint density at radius 3 is 2.63 bits per heavy atom. The fourth-order valence-corrected chi connectivity index (χ4v) is 2.31. The van der Waals surface area contributed by atoms with Gasteiger partial charge in [0.25, 0.3) is 0 Å². The second-order valence-corrected chi connectivity index (χ2v) is 4.85. The Balaban J connectivity index is 1.98. The Labute approximate surface area is 114 Å². The van der Waals surface area contributed by atoms with Gasteiger partial charge in [-0.05, 0) is 36.6 Å². The zero-order valence-electron chi connectivity index (χ0n) is 11.5. The minimum atomic E-state index is 0.115. The number of benzene rings is 1. The van der Waals surface area contributed by atoms with E-state index in [4.69, 9.17) is 4.74 Å². The molecule has 1 aliphatic heterocycles. The van der Waals surface area contributed by atoms with E-state index in [9.17, 15) is 4.79 Å². The zero-order chi connectivity index (χ0) is 13.5. The molecule has 1 saturated heterocycles. The van der Waals surface area contributed by atoms with E-state index in [2.05, 4.69) is 0 Å². The van der Waals surface area contributed by atoms with Crippen LogP contribution in [0.4, 0.5) is 0 Å². The van der Waals surface area contributed by atoms with E-state index in [1.807, 2.05) is 35.2 Å². The summed E-state index contributed by atoms with van der Waals surface area (Å²) in [6, 6.07) is 7.71. The van der Waals surface area contributed by atoms with Gasteiger partial charge in [0, 0.05) is 19.2 Å². The zero-order valence-corrected chi connectivity index (χ0v) is 11.5. The quantitative estimate of drug-likeness (QED) is 0.781. The van der Waals surface area contributed by atoms with Gasteiger partial charge in [-0.25, -0.2) is 0 Å². The van der Waals surface area contributed by atoms with E-state index in [-0.39, 0.29) is 5.91 Å². The molecule has 0 unspecified atom stereocenters. The fraction of sp³-hybridized carbons (Fsp3) is 0.438. The van der Waals surface area contributed by atoms with Crippen LogP contribution in [0.15, 0.2) is 30.3 Å². The summed E-state index contributed by atoms with van der Waals surface area (Å²) in [6.07, 6.45) is 8.25. The fourth-order valence-electron chi connectivity index (χ4n) is 2.31. The van der Waals surface area contributed by atoms with Crippen molar-refractivity contribution in [3.8, 4) is 5.75 Å². The molecular weight excluding hydrogens is 238 g/mol. The molecule has 0 aromatic heterocycles. The average molecular weight is 259 g/mol. The van der Waals surface area contributed by atoms with Gasteiger partial charge < -0.3 is 9.64 Å². The number of ether oxygens (including phenoxy) is 1. The summed E-state index contributed by atoms with van der Waals surface area (Å²) < 4.78 is 5.17. The van der Waals surface area contributed by atoms with E-state index in [0.717, 1.165) is 37.2 Å². The first-order chi connectivity index (χ1) is 9.29. The third-order valence-electron chi connectivity index (χ3n) is 3.43. The number of amides is 1. The van der Waals surface area contributed by atoms with Gasteiger partial charge >= 0.3 is 0 Å². The van der Waals surface area contributed by atoms with Crippen LogP contribution in [0.3, 0.4) is 0 Å². The summed E-state index contributed by atoms with van der Waals surface area (Å²) in [4.78, 5) is 14.0. The monoisotopic (exact) mass is 259 g/mol. The van der Waals surface area contributed by atoms with Crippen molar-refractivity contribution < 1.29 is 9.53 Å². The third-order valence-corrected chi connectivity index (χ3v) is 3.43. The van der Waals surface area contributed by atoms with Crippen molar-refractivity contribution in [2.75, 3.05) is 20.2 Å². The number of rotatable bonds is 3. The molecule has 1 aromatic carbocycles. The van der Waals surface area contributed by atoms with Crippen LogP contribution in [0.2, 0.25) is 0 Å². The van der Waals surface area contributed by atoms with Gasteiger partial charge in [-0.1, -0.05) is 25.0 Å². The molecule has 1 aromatic rings. The summed E-state index contributed by atoms with van der Waals surface area (Å²) in [5, 5.41) is 0. The molecule has 0 aliphatic carbocycles. The molecule has 0 radical (unpaired) electrons. The highest BCUT2D eigenvalue weighted by Crippen LogP contribution is 2.14. The Bertz CT molecular complexity index is 446. The molecule has 19 heavy (non-hydrogen) atoms. The summed E-state index contributed by atoms with van der Waals surface area (Å²) in [5.74, 6) is 0.925. The molecule has 0 N–H and O–H groups in total. The van der Waals surface area contributed by atoms with Gasteiger partial charge in [-0.2, -0.15) is 0 Å². The van der Waals surface area contributed by atoms with Crippen LogP contribution in [-0.2, 0) is 4.79 Å². The number of carbonyl (C=O) groups excluding carboxylic acids is 1. The van der Waals surface area contributed by atoms with E-state index in [0.29, 0.717) is 0 Å². The maximum absolute atomic E-state index is 12.1. The largest absolute Gasteiger partial charge is 0.497 e. The van der Waals surface area contributed by atoms with E-state index < -0.39 is 0 Å². The van der Waals surface area contributed by atoms with Crippen LogP contribution in [0.25, 0.3) is 6.08 Å². The number of methoxy groups -OCH3 is 1. The number of likely N-dealkylation sites (tertiary alicyclic amines) is 1. The minimum absolute atomic E-state index is 0.115. The molecular formula is C16H21NO2. The normalized spacial score (nSPS) is 16.4. The molecule has 1 amide bonds. The van der Waals surface area contributed by atoms with Crippen LogP contribution in [0.1, 0.15) is 31.2 Å². The molecule has 0 bridgehead atoms. The topological polar surface area (TPSA) is 29.5 Å². The van der Waals surface area contributed by atoms with Crippen molar-refractivity contribution in [1.29, 1.82) is 0 Å². The molecule has 0 saturated carbocycles. The highest BCUT2D eigenvalue weighted by atomic mass is 16.5. The van der Waals surface area contributed by atoms with Gasteiger partial charge in [0.15, 0.2) is 0 Å². The molecule has 1 heterocycles. The molecule has 0 spiro atoms. The number of carbonyl (C=O) groups is 1. The summed E-state index contributed by atoms with van der Waals surface area (Å²) in [7, 11) is 1.64. The van der Waals surface area contributed by atoms with Crippen LogP contribution in [0, 0.1) is 0 Å². The van der Waals surface area contributed by atoms with E-state index in [1.165, 1.54) is 12.8 Å². The predicted octanol–water partition coefficient (Wildman–Crippen LogP) is 3.11. The lowest BCUT2D eigenvalue weighted by molar-refractivity contribution is -0.125. The van der Waals surface area contributed by atoms with Crippen molar-refractivity contribution >= 4 is 12.0 Å². The van der Waals surface area contributed by atoms with Gasteiger partial charge in [0.1, 0.15) is 5.75 Å². The highest BCUT2D eigenvalue weighted by molar-refractivity contribution is 5.91. The number of hydrogen-bond acceptors (Lipinski definition) is 2. The molecule has 3 nitrogen and oxygen atoms in total. The number of hydrogen-bond donors (Lipinski definition) is 0. The molecule has 1 aliphatic rings. The average Bonchev–Trinajstić information content (AvgIpc) is 2.74. The molecule has 1 fully saturated rings. The lowest BCUT2D eigenvalue weighted by Gasteiger charge is -2.17. The van der Waals surface area contributed by atoms with Crippen molar-refractivity contribution in [2.24, 2.45) is 0 Å². The Kier molecular flexibility index (Phi) is 5.01. The van der Waals surface area contributed by atoms with Crippen LogP contribution in [-0.4, -0.2) is 31.0 Å². The summed E-state index contributed by atoms with van der Waals surface area (Å²) >= 11 is 0. The maximum Gasteiger partial charge on any atom is 0.246 e. The first-order valence-electron chi connectivity index (χ1n) is 6.90. The van der Waals surface area contributed by atoms with Crippen LogP contribution < -0.4 is 4.74 Å². The SMILES string of the molecule is COc1cccc(/C=C/C(=O)N2CCCCCC2)c1. The van der Waals surface area contributed by atoms with Gasteiger partial charge in [0.05, 0.1) is 7.11 Å². The predicted molar refractivity (Wildman–Crippen MR) is 77.1 cm³/mol. The standard InChI is InChI=1S/C16H21NO2/c1-19-15-8-6-7-14(13-15)9-10-16(18)17-11-4-2-3-5-12-17/h6-10,13H,2-5,11-12H2,1H3/b10-9+. The molecule has 2 rings (SSSR count). The van der Waals surface area contributed by atoms with Crippen molar-refractivity contribution in [2.45, 2.75) is 25.7 Å². The second kappa shape index (κ2) is 6.98. The minimum Gasteiger partial charge on any atom is -0.497 e. The summed E-state index contributed by atoms with van der Waals surface area (Å²) in [6.45, 7) is 1.78. The molecule has 0 atom stereocenters. The lowest BCUT2D eigenvalue weighted by atomic mass is 10.2. The Morgan fingerprint density at radius 1 is 1.21 bits per heavy atom. The lowest BCUT2D eigenvalue weighted by Crippen LogP contribution is -2.30. The second-order valence-electron chi connectivity index (χ2n) is 4.85. The van der Waals surface area contributed by atoms with Gasteiger partial charge in [-0.15, -0.1) is 0 Å². The first-order valence-corrected chi connectivity index (χ1v) is 6.90. The number of nitrogens with zero attached hydrogens (tertiary/aromatic N) is 1. The smallest absolute Gasteiger partial charge is 0.246 e. The third kappa shape index (κ3) is 4.12.